The Balaban J connectivity index is 2.00. The quantitative estimate of drug-likeness (QED) is 0.627. The predicted molar refractivity (Wildman–Crippen MR) is 69.3 cm³/mol. The van der Waals surface area contributed by atoms with Gasteiger partial charge in [-0.2, -0.15) is 0 Å². The maximum Gasteiger partial charge on any atom is 0.147 e. The van der Waals surface area contributed by atoms with Crippen LogP contribution in [0.25, 0.3) is 10.6 Å². The van der Waals surface area contributed by atoms with E-state index in [0.29, 0.717) is 0 Å². The summed E-state index contributed by atoms with van der Waals surface area (Å²) in [4.78, 5) is 0. The zero-order valence-electron chi connectivity index (χ0n) is 8.60. The third kappa shape index (κ3) is 3.02. The fraction of sp³-hybridized carbons (Fsp3) is 0.273. The van der Waals surface area contributed by atoms with Crippen molar-refractivity contribution in [3.05, 3.63) is 29.8 Å². The van der Waals surface area contributed by atoms with E-state index >= 15 is 0 Å². The molecule has 0 aliphatic rings. The average Bonchev–Trinajstić information content (AvgIpc) is 2.84. The number of nitrogens with zero attached hydrogens (tertiary/aromatic N) is 2. The van der Waals surface area contributed by atoms with E-state index in [2.05, 4.69) is 26.1 Å². The highest BCUT2D eigenvalue weighted by molar-refractivity contribution is 9.09. The molecule has 0 fully saturated rings. The number of alkyl halides is 1. The summed E-state index contributed by atoms with van der Waals surface area (Å²) in [6.45, 7) is 0.739. The number of aromatic nitrogens is 2. The highest BCUT2D eigenvalue weighted by atomic mass is 79.9. The average molecular weight is 299 g/mol. The summed E-state index contributed by atoms with van der Waals surface area (Å²) in [6, 6.07) is 7.93. The van der Waals surface area contributed by atoms with Gasteiger partial charge in [-0.25, -0.2) is 0 Å². The van der Waals surface area contributed by atoms with Gasteiger partial charge in [0.1, 0.15) is 16.3 Å². The molecule has 0 N–H and O–H groups in total. The Hall–Kier alpha value is -0.940. The van der Waals surface area contributed by atoms with E-state index < -0.39 is 0 Å². The molecule has 2 rings (SSSR count). The second-order valence-corrected chi connectivity index (χ2v) is 4.79. The van der Waals surface area contributed by atoms with Crippen LogP contribution in [0.15, 0.2) is 29.8 Å². The molecule has 2 aromatic rings. The lowest BCUT2D eigenvalue weighted by molar-refractivity contribution is 0.319. The van der Waals surface area contributed by atoms with Crippen molar-refractivity contribution in [1.82, 2.24) is 10.2 Å². The molecule has 0 amide bonds. The molecule has 84 valence electrons. The summed E-state index contributed by atoms with van der Waals surface area (Å²) in [5.74, 6) is 0.897. The standard InChI is InChI=1S/C11H11BrN2OS/c12-6-1-7-15-10-4-2-9(3-5-10)11-14-13-8-16-11/h2-5,8H,1,6-7H2. The third-order valence-electron chi connectivity index (χ3n) is 2.01. The van der Waals surface area contributed by atoms with Crippen LogP contribution in [0.5, 0.6) is 5.75 Å². The van der Waals surface area contributed by atoms with Crippen molar-refractivity contribution >= 4 is 27.3 Å². The number of halogens is 1. The topological polar surface area (TPSA) is 35.0 Å². The first-order valence-electron chi connectivity index (χ1n) is 4.95. The maximum absolute atomic E-state index is 5.56. The van der Waals surface area contributed by atoms with Gasteiger partial charge in [0.15, 0.2) is 0 Å². The number of benzene rings is 1. The normalized spacial score (nSPS) is 10.3. The molecule has 16 heavy (non-hydrogen) atoms. The van der Waals surface area contributed by atoms with Gasteiger partial charge in [-0.1, -0.05) is 27.3 Å². The molecular formula is C11H11BrN2OS. The molecule has 0 aliphatic carbocycles. The van der Waals surface area contributed by atoms with Crippen LogP contribution < -0.4 is 4.74 Å². The van der Waals surface area contributed by atoms with Crippen molar-refractivity contribution in [2.45, 2.75) is 6.42 Å². The van der Waals surface area contributed by atoms with Crippen molar-refractivity contribution in [3.8, 4) is 16.3 Å². The van der Waals surface area contributed by atoms with Crippen molar-refractivity contribution in [3.63, 3.8) is 0 Å². The zero-order chi connectivity index (χ0) is 11.2. The van der Waals surface area contributed by atoms with Gasteiger partial charge in [-0.05, 0) is 30.7 Å². The summed E-state index contributed by atoms with van der Waals surface area (Å²) in [6.07, 6.45) is 1.01. The van der Waals surface area contributed by atoms with Crippen LogP contribution in [-0.2, 0) is 0 Å². The summed E-state index contributed by atoms with van der Waals surface area (Å²) >= 11 is 4.90. The van der Waals surface area contributed by atoms with Crippen LogP contribution in [0, 0.1) is 0 Å². The molecular weight excluding hydrogens is 288 g/mol. The molecule has 1 heterocycles. The Labute approximate surface area is 107 Å². The molecule has 0 saturated heterocycles. The van der Waals surface area contributed by atoms with Crippen molar-refractivity contribution in [1.29, 1.82) is 0 Å². The van der Waals surface area contributed by atoms with Crippen molar-refractivity contribution < 1.29 is 4.74 Å². The van der Waals surface area contributed by atoms with Crippen LogP contribution >= 0.6 is 27.3 Å². The molecule has 0 aliphatic heterocycles. The Morgan fingerprint density at radius 3 is 2.69 bits per heavy atom. The number of hydrogen-bond donors (Lipinski definition) is 0. The minimum Gasteiger partial charge on any atom is -0.494 e. The second kappa shape index (κ2) is 5.96. The summed E-state index contributed by atoms with van der Waals surface area (Å²) in [5, 5.41) is 9.73. The molecule has 0 radical (unpaired) electrons. The molecule has 0 saturated carbocycles. The lowest BCUT2D eigenvalue weighted by Crippen LogP contribution is -1.97. The monoisotopic (exact) mass is 298 g/mol. The Morgan fingerprint density at radius 2 is 2.06 bits per heavy atom. The Morgan fingerprint density at radius 1 is 1.25 bits per heavy atom. The molecule has 0 bridgehead atoms. The first kappa shape index (κ1) is 11.5. The largest absolute Gasteiger partial charge is 0.494 e. The number of rotatable bonds is 5. The minimum atomic E-state index is 0.739. The Bertz CT molecular complexity index is 416. The molecule has 0 unspecified atom stereocenters. The molecule has 3 nitrogen and oxygen atoms in total. The lowest BCUT2D eigenvalue weighted by Gasteiger charge is -2.04. The van der Waals surface area contributed by atoms with Crippen LogP contribution in [0.3, 0.4) is 0 Å². The van der Waals surface area contributed by atoms with E-state index in [4.69, 9.17) is 4.74 Å². The maximum atomic E-state index is 5.56. The lowest BCUT2D eigenvalue weighted by atomic mass is 10.2. The summed E-state index contributed by atoms with van der Waals surface area (Å²) in [7, 11) is 0. The fourth-order valence-electron chi connectivity index (χ4n) is 1.24. The van der Waals surface area contributed by atoms with Gasteiger partial charge < -0.3 is 4.74 Å². The van der Waals surface area contributed by atoms with E-state index in [9.17, 15) is 0 Å². The van der Waals surface area contributed by atoms with Gasteiger partial charge in [0.25, 0.3) is 0 Å². The third-order valence-corrected chi connectivity index (χ3v) is 3.31. The van der Waals surface area contributed by atoms with E-state index in [1.54, 1.807) is 5.51 Å². The van der Waals surface area contributed by atoms with Crippen molar-refractivity contribution in [2.24, 2.45) is 0 Å². The van der Waals surface area contributed by atoms with Crippen molar-refractivity contribution in [2.75, 3.05) is 11.9 Å². The summed E-state index contributed by atoms with van der Waals surface area (Å²) < 4.78 is 5.56. The van der Waals surface area contributed by atoms with Crippen LogP contribution in [0.1, 0.15) is 6.42 Å². The van der Waals surface area contributed by atoms with E-state index in [-0.39, 0.29) is 0 Å². The molecule has 1 aromatic heterocycles. The highest BCUT2D eigenvalue weighted by Crippen LogP contribution is 2.23. The van der Waals surface area contributed by atoms with E-state index in [0.717, 1.165) is 34.7 Å². The SMILES string of the molecule is BrCCCOc1ccc(-c2nncs2)cc1. The van der Waals surface area contributed by atoms with Crippen LogP contribution in [-0.4, -0.2) is 22.1 Å². The zero-order valence-corrected chi connectivity index (χ0v) is 11.0. The first-order chi connectivity index (χ1) is 7.90. The number of ether oxygens (including phenoxy) is 1. The molecule has 1 aromatic carbocycles. The summed E-state index contributed by atoms with van der Waals surface area (Å²) in [5.41, 5.74) is 2.81. The van der Waals surface area contributed by atoms with Gasteiger partial charge in [-0.15, -0.1) is 10.2 Å². The number of hydrogen-bond acceptors (Lipinski definition) is 4. The Kier molecular flexibility index (Phi) is 4.30. The predicted octanol–water partition coefficient (Wildman–Crippen LogP) is 3.37. The minimum absolute atomic E-state index is 0.739. The van der Waals surface area contributed by atoms with Gasteiger partial charge in [0.2, 0.25) is 0 Å². The molecule has 5 heteroatoms. The smallest absolute Gasteiger partial charge is 0.147 e. The fourth-order valence-corrected chi connectivity index (χ4v) is 2.03. The second-order valence-electron chi connectivity index (χ2n) is 3.16. The van der Waals surface area contributed by atoms with E-state index in [1.807, 2.05) is 24.3 Å². The van der Waals surface area contributed by atoms with E-state index in [1.165, 1.54) is 11.3 Å². The molecule has 0 atom stereocenters. The van der Waals surface area contributed by atoms with Gasteiger partial charge in [0.05, 0.1) is 6.61 Å². The van der Waals surface area contributed by atoms with Crippen LogP contribution in [0.4, 0.5) is 0 Å². The van der Waals surface area contributed by atoms with Gasteiger partial charge in [-0.3, -0.25) is 0 Å². The van der Waals surface area contributed by atoms with Crippen LogP contribution in [0.2, 0.25) is 0 Å². The first-order valence-corrected chi connectivity index (χ1v) is 6.95. The molecule has 0 spiro atoms. The van der Waals surface area contributed by atoms with Gasteiger partial charge in [0, 0.05) is 10.9 Å². The van der Waals surface area contributed by atoms with Gasteiger partial charge >= 0.3 is 0 Å². The highest BCUT2D eigenvalue weighted by Gasteiger charge is 2.01.